The molecule has 2 unspecified atom stereocenters. The van der Waals surface area contributed by atoms with Crippen LogP contribution in [0.2, 0.25) is 0 Å². The molecule has 1 heterocycles. The zero-order valence-electron chi connectivity index (χ0n) is 13.5. The van der Waals surface area contributed by atoms with E-state index in [0.29, 0.717) is 13.1 Å². The highest BCUT2D eigenvalue weighted by Crippen LogP contribution is 2.20. The van der Waals surface area contributed by atoms with Crippen molar-refractivity contribution in [2.24, 2.45) is 5.92 Å². The summed E-state index contributed by atoms with van der Waals surface area (Å²) in [5.41, 5.74) is 0.649. The monoisotopic (exact) mass is 308 g/mol. The van der Waals surface area contributed by atoms with Gasteiger partial charge in [0.2, 0.25) is 0 Å². The number of amides is 1. The Kier molecular flexibility index (Phi) is 5.40. The third kappa shape index (κ3) is 4.98. The average molecular weight is 308 g/mol. The van der Waals surface area contributed by atoms with E-state index >= 15 is 0 Å². The van der Waals surface area contributed by atoms with Crippen molar-refractivity contribution in [3.63, 3.8) is 0 Å². The van der Waals surface area contributed by atoms with Crippen molar-refractivity contribution in [1.82, 2.24) is 10.2 Å². The fourth-order valence-corrected chi connectivity index (χ4v) is 2.71. The lowest BCUT2D eigenvalue weighted by Gasteiger charge is -2.23. The number of hydrogen-bond acceptors (Lipinski definition) is 3. The molecule has 0 aliphatic carbocycles. The number of alkyl halides is 1. The lowest BCUT2D eigenvalue weighted by atomic mass is 10.1. The standard InChI is InChI=1S/C17H25FN2O2/c1-17(2,3)22-16(21)19-15-12-20(11-14(15)9-18)10-13-7-5-4-6-8-13/h4-8,14-15H,9-12H2,1-3H3,(H,19,21). The number of rotatable bonds is 4. The van der Waals surface area contributed by atoms with E-state index in [1.807, 2.05) is 39.0 Å². The van der Waals surface area contributed by atoms with Crippen LogP contribution >= 0.6 is 0 Å². The Balaban J connectivity index is 1.90. The zero-order valence-corrected chi connectivity index (χ0v) is 13.5. The predicted octanol–water partition coefficient (Wildman–Crippen LogP) is 2.98. The van der Waals surface area contributed by atoms with Crippen molar-refractivity contribution >= 4 is 6.09 Å². The lowest BCUT2D eigenvalue weighted by molar-refractivity contribution is 0.0493. The van der Waals surface area contributed by atoms with Gasteiger partial charge in [-0.1, -0.05) is 30.3 Å². The summed E-state index contributed by atoms with van der Waals surface area (Å²) in [6.07, 6.45) is -0.475. The van der Waals surface area contributed by atoms with Gasteiger partial charge in [0.05, 0.1) is 12.7 Å². The largest absolute Gasteiger partial charge is 0.444 e. The third-order valence-corrected chi connectivity index (χ3v) is 3.67. The second-order valence-electron chi connectivity index (χ2n) is 6.85. The third-order valence-electron chi connectivity index (χ3n) is 3.67. The molecule has 4 nitrogen and oxygen atoms in total. The molecule has 1 aliphatic heterocycles. The predicted molar refractivity (Wildman–Crippen MR) is 84.3 cm³/mol. The van der Waals surface area contributed by atoms with Gasteiger partial charge < -0.3 is 10.1 Å². The number of nitrogens with zero attached hydrogens (tertiary/aromatic N) is 1. The van der Waals surface area contributed by atoms with Crippen LogP contribution in [0.3, 0.4) is 0 Å². The molecule has 1 fully saturated rings. The highest BCUT2D eigenvalue weighted by molar-refractivity contribution is 5.68. The molecule has 122 valence electrons. The molecule has 22 heavy (non-hydrogen) atoms. The molecule has 1 N–H and O–H groups in total. The van der Waals surface area contributed by atoms with E-state index in [0.717, 1.165) is 6.54 Å². The van der Waals surface area contributed by atoms with Gasteiger partial charge in [0.1, 0.15) is 5.60 Å². The molecule has 0 spiro atoms. The number of nitrogens with one attached hydrogen (secondary N) is 1. The summed E-state index contributed by atoms with van der Waals surface area (Å²) in [4.78, 5) is 14.0. The molecular weight excluding hydrogens is 283 g/mol. The molecule has 1 aromatic rings. The van der Waals surface area contributed by atoms with E-state index in [1.54, 1.807) is 0 Å². The number of ether oxygens (including phenoxy) is 1. The van der Waals surface area contributed by atoms with Crippen molar-refractivity contribution in [2.75, 3.05) is 19.8 Å². The Bertz CT molecular complexity index is 487. The zero-order chi connectivity index (χ0) is 16.2. The molecule has 2 atom stereocenters. The fourth-order valence-electron chi connectivity index (χ4n) is 2.71. The Morgan fingerprint density at radius 3 is 2.59 bits per heavy atom. The van der Waals surface area contributed by atoms with Crippen LogP contribution in [0, 0.1) is 5.92 Å². The van der Waals surface area contributed by atoms with Gasteiger partial charge in [-0.15, -0.1) is 0 Å². The molecule has 1 aromatic carbocycles. The first kappa shape index (κ1) is 16.7. The first-order valence-electron chi connectivity index (χ1n) is 7.69. The number of halogens is 1. The van der Waals surface area contributed by atoms with Gasteiger partial charge in [0.15, 0.2) is 0 Å². The Morgan fingerprint density at radius 2 is 2.00 bits per heavy atom. The fraction of sp³-hybridized carbons (Fsp3) is 0.588. The normalized spacial score (nSPS) is 22.5. The second kappa shape index (κ2) is 7.09. The quantitative estimate of drug-likeness (QED) is 0.930. The molecule has 5 heteroatoms. The summed E-state index contributed by atoms with van der Waals surface area (Å²) in [6, 6.07) is 9.87. The van der Waals surface area contributed by atoms with Crippen LogP contribution in [0.4, 0.5) is 9.18 Å². The molecule has 2 rings (SSSR count). The molecule has 0 saturated carbocycles. The van der Waals surface area contributed by atoms with E-state index in [1.165, 1.54) is 5.56 Å². The summed E-state index contributed by atoms with van der Waals surface area (Å²) >= 11 is 0. The van der Waals surface area contributed by atoms with E-state index in [4.69, 9.17) is 4.74 Å². The van der Waals surface area contributed by atoms with Crippen molar-refractivity contribution in [3.05, 3.63) is 35.9 Å². The molecule has 1 saturated heterocycles. The molecule has 0 aromatic heterocycles. The summed E-state index contributed by atoms with van der Waals surface area (Å²) < 4.78 is 18.5. The van der Waals surface area contributed by atoms with E-state index in [2.05, 4.69) is 22.3 Å². The SMILES string of the molecule is CC(C)(C)OC(=O)NC1CN(Cc2ccccc2)CC1CF. The van der Waals surface area contributed by atoms with E-state index in [-0.39, 0.29) is 12.0 Å². The van der Waals surface area contributed by atoms with Crippen LogP contribution in [0.15, 0.2) is 30.3 Å². The minimum atomic E-state index is -0.544. The molecule has 0 radical (unpaired) electrons. The maximum Gasteiger partial charge on any atom is 0.407 e. The Labute approximate surface area is 131 Å². The first-order chi connectivity index (χ1) is 10.4. The lowest BCUT2D eigenvalue weighted by Crippen LogP contribution is -2.43. The maximum absolute atomic E-state index is 13.2. The number of hydrogen-bond donors (Lipinski definition) is 1. The van der Waals surface area contributed by atoms with Gasteiger partial charge in [-0.05, 0) is 26.3 Å². The molecule has 1 amide bonds. The number of alkyl carbamates (subject to hydrolysis) is 1. The molecule has 0 bridgehead atoms. The van der Waals surface area contributed by atoms with Gasteiger partial charge in [-0.3, -0.25) is 9.29 Å². The highest BCUT2D eigenvalue weighted by Gasteiger charge is 2.34. The van der Waals surface area contributed by atoms with Gasteiger partial charge in [-0.2, -0.15) is 0 Å². The van der Waals surface area contributed by atoms with Gasteiger partial charge in [-0.25, -0.2) is 4.79 Å². The van der Waals surface area contributed by atoms with Crippen LogP contribution < -0.4 is 5.32 Å². The van der Waals surface area contributed by atoms with E-state index in [9.17, 15) is 9.18 Å². The maximum atomic E-state index is 13.2. The average Bonchev–Trinajstić information content (AvgIpc) is 2.79. The minimum Gasteiger partial charge on any atom is -0.444 e. The van der Waals surface area contributed by atoms with Crippen LogP contribution in [0.1, 0.15) is 26.3 Å². The Hall–Kier alpha value is -1.62. The smallest absolute Gasteiger partial charge is 0.407 e. The number of carbonyl (C=O) groups excluding carboxylic acids is 1. The first-order valence-corrected chi connectivity index (χ1v) is 7.69. The highest BCUT2D eigenvalue weighted by atomic mass is 19.1. The van der Waals surface area contributed by atoms with Crippen molar-refractivity contribution < 1.29 is 13.9 Å². The van der Waals surface area contributed by atoms with Crippen LogP contribution in [-0.2, 0) is 11.3 Å². The van der Waals surface area contributed by atoms with Crippen LogP contribution in [0.5, 0.6) is 0 Å². The number of carbonyl (C=O) groups is 1. The van der Waals surface area contributed by atoms with Gasteiger partial charge in [0, 0.05) is 25.6 Å². The van der Waals surface area contributed by atoms with Crippen molar-refractivity contribution in [1.29, 1.82) is 0 Å². The number of benzene rings is 1. The second-order valence-corrected chi connectivity index (χ2v) is 6.85. The van der Waals surface area contributed by atoms with Crippen molar-refractivity contribution in [2.45, 2.75) is 39.0 Å². The molecular formula is C17H25FN2O2. The topological polar surface area (TPSA) is 41.6 Å². The summed E-state index contributed by atoms with van der Waals surface area (Å²) in [6.45, 7) is 7.06. The molecule has 1 aliphatic rings. The Morgan fingerprint density at radius 1 is 1.32 bits per heavy atom. The van der Waals surface area contributed by atoms with Crippen LogP contribution in [0.25, 0.3) is 0 Å². The van der Waals surface area contributed by atoms with Gasteiger partial charge in [0.25, 0.3) is 0 Å². The summed E-state index contributed by atoms with van der Waals surface area (Å²) in [7, 11) is 0. The van der Waals surface area contributed by atoms with Crippen LogP contribution in [-0.4, -0.2) is 42.4 Å². The summed E-state index contributed by atoms with van der Waals surface area (Å²) in [5, 5.41) is 2.81. The van der Waals surface area contributed by atoms with Gasteiger partial charge >= 0.3 is 6.09 Å². The van der Waals surface area contributed by atoms with Crippen molar-refractivity contribution in [3.8, 4) is 0 Å². The number of likely N-dealkylation sites (tertiary alicyclic amines) is 1. The minimum absolute atomic E-state index is 0.184. The van der Waals surface area contributed by atoms with E-state index < -0.39 is 18.4 Å². The summed E-state index contributed by atoms with van der Waals surface area (Å²) in [5.74, 6) is -0.184.